The summed E-state index contributed by atoms with van der Waals surface area (Å²) in [6.45, 7) is 0. The third kappa shape index (κ3) is 2.79. The highest BCUT2D eigenvalue weighted by Crippen LogP contribution is 2.50. The van der Waals surface area contributed by atoms with E-state index >= 15 is 0 Å². The van der Waals surface area contributed by atoms with Crippen LogP contribution in [0.5, 0.6) is 0 Å². The van der Waals surface area contributed by atoms with Gasteiger partial charge in [0.2, 0.25) is 0 Å². The minimum atomic E-state index is -5.98. The first-order valence-electron chi connectivity index (χ1n) is 4.86. The summed E-state index contributed by atoms with van der Waals surface area (Å²) in [5.74, 6) is 0. The molecule has 4 nitrogen and oxygen atoms in total. The van der Waals surface area contributed by atoms with Crippen LogP contribution in [0.2, 0.25) is 0 Å². The van der Waals surface area contributed by atoms with Crippen LogP contribution in [0.4, 0.5) is 36.8 Å². The van der Waals surface area contributed by atoms with E-state index in [1.165, 1.54) is 0 Å². The van der Waals surface area contributed by atoms with E-state index in [1.54, 1.807) is 5.32 Å². The van der Waals surface area contributed by atoms with Crippen molar-refractivity contribution in [2.75, 3.05) is 5.32 Å². The molecule has 0 aliphatic rings. The van der Waals surface area contributed by atoms with E-state index in [4.69, 9.17) is 10.2 Å². The first-order chi connectivity index (χ1) is 8.89. The molecule has 10 heteroatoms. The van der Waals surface area contributed by atoms with Gasteiger partial charge in [-0.25, -0.2) is 4.79 Å². The predicted molar refractivity (Wildman–Crippen MR) is 54.1 cm³/mol. The third-order valence-electron chi connectivity index (χ3n) is 2.37. The summed E-state index contributed by atoms with van der Waals surface area (Å²) in [6.07, 6.45) is -13.5. The number of benzene rings is 1. The van der Waals surface area contributed by atoms with Gasteiger partial charge >= 0.3 is 18.4 Å². The highest BCUT2D eigenvalue weighted by atomic mass is 19.4. The smallest absolute Gasteiger partial charge is 0.430 e. The zero-order chi connectivity index (χ0) is 15.8. The standard InChI is InChI=1S/C10H7F6NO3/c11-9(12,13)8(20,10(14,15)16)5-1-3-6(4-2-5)17-7(18)19/h1-4,17,20H,(H,18,19). The molecule has 112 valence electrons. The van der Waals surface area contributed by atoms with E-state index in [2.05, 4.69) is 0 Å². The molecule has 0 atom stereocenters. The van der Waals surface area contributed by atoms with Crippen molar-refractivity contribution in [2.24, 2.45) is 0 Å². The number of rotatable bonds is 2. The fourth-order valence-corrected chi connectivity index (χ4v) is 1.41. The summed E-state index contributed by atoms with van der Waals surface area (Å²) in [6, 6.07) is 2.02. The molecule has 0 radical (unpaired) electrons. The molecule has 1 amide bonds. The van der Waals surface area contributed by atoms with Gasteiger partial charge in [-0.05, 0) is 12.1 Å². The Kier molecular flexibility index (Phi) is 3.90. The molecule has 1 aromatic carbocycles. The molecule has 0 bridgehead atoms. The van der Waals surface area contributed by atoms with Gasteiger partial charge in [-0.15, -0.1) is 0 Å². The topological polar surface area (TPSA) is 69.6 Å². The van der Waals surface area contributed by atoms with Gasteiger partial charge in [0.1, 0.15) is 0 Å². The normalized spacial score (nSPS) is 13.2. The lowest BCUT2D eigenvalue weighted by molar-refractivity contribution is -0.376. The Hall–Kier alpha value is -1.97. The van der Waals surface area contributed by atoms with E-state index in [0.29, 0.717) is 24.3 Å². The van der Waals surface area contributed by atoms with Crippen molar-refractivity contribution >= 4 is 11.8 Å². The number of carbonyl (C=O) groups is 1. The number of hydrogen-bond acceptors (Lipinski definition) is 2. The van der Waals surface area contributed by atoms with E-state index in [0.717, 1.165) is 0 Å². The predicted octanol–water partition coefficient (Wildman–Crippen LogP) is 3.09. The molecule has 0 spiro atoms. The summed E-state index contributed by atoms with van der Waals surface area (Å²) in [4.78, 5) is 10.2. The minimum Gasteiger partial charge on any atom is -0.465 e. The zero-order valence-electron chi connectivity index (χ0n) is 9.38. The minimum absolute atomic E-state index is 0.243. The number of anilines is 1. The van der Waals surface area contributed by atoms with Crippen molar-refractivity contribution < 1.29 is 41.4 Å². The van der Waals surface area contributed by atoms with E-state index in [1.807, 2.05) is 0 Å². The van der Waals surface area contributed by atoms with Gasteiger partial charge < -0.3 is 10.2 Å². The van der Waals surface area contributed by atoms with Gasteiger partial charge in [0, 0.05) is 11.3 Å². The van der Waals surface area contributed by atoms with Crippen LogP contribution in [0, 0.1) is 0 Å². The van der Waals surface area contributed by atoms with E-state index in [-0.39, 0.29) is 5.69 Å². The Labute approximate surface area is 107 Å². The first-order valence-corrected chi connectivity index (χ1v) is 4.86. The average molecular weight is 303 g/mol. The van der Waals surface area contributed by atoms with Crippen LogP contribution in [-0.2, 0) is 5.60 Å². The average Bonchev–Trinajstić information content (AvgIpc) is 2.25. The second kappa shape index (κ2) is 4.85. The molecular weight excluding hydrogens is 296 g/mol. The summed E-state index contributed by atoms with van der Waals surface area (Å²) < 4.78 is 75.1. The number of alkyl halides is 6. The highest BCUT2D eigenvalue weighted by Gasteiger charge is 2.71. The van der Waals surface area contributed by atoms with Gasteiger partial charge in [-0.3, -0.25) is 5.32 Å². The number of hydrogen-bond donors (Lipinski definition) is 3. The van der Waals surface area contributed by atoms with E-state index in [9.17, 15) is 31.1 Å². The molecule has 0 saturated heterocycles. The number of aliphatic hydroxyl groups is 1. The fraction of sp³-hybridized carbons (Fsp3) is 0.300. The van der Waals surface area contributed by atoms with Crippen LogP contribution >= 0.6 is 0 Å². The Morgan fingerprint density at radius 1 is 0.950 bits per heavy atom. The Bertz CT molecular complexity index is 479. The van der Waals surface area contributed by atoms with Crippen LogP contribution < -0.4 is 5.32 Å². The molecule has 0 aromatic heterocycles. The fourth-order valence-electron chi connectivity index (χ4n) is 1.41. The number of halogens is 6. The number of nitrogens with one attached hydrogen (secondary N) is 1. The summed E-state index contributed by atoms with van der Waals surface area (Å²) in [5.41, 5.74) is -6.73. The Balaban J connectivity index is 3.27. The van der Waals surface area contributed by atoms with Crippen molar-refractivity contribution in [3.8, 4) is 0 Å². The molecule has 0 heterocycles. The number of carboxylic acid groups (broad SMARTS) is 1. The van der Waals surface area contributed by atoms with Gasteiger partial charge in [-0.2, -0.15) is 26.3 Å². The Morgan fingerprint density at radius 3 is 1.65 bits per heavy atom. The lowest BCUT2D eigenvalue weighted by Gasteiger charge is -2.32. The first kappa shape index (κ1) is 16.1. The van der Waals surface area contributed by atoms with Crippen LogP contribution in [0.3, 0.4) is 0 Å². The molecule has 0 aliphatic carbocycles. The lowest BCUT2D eigenvalue weighted by atomic mass is 9.92. The molecule has 0 aliphatic heterocycles. The summed E-state index contributed by atoms with van der Waals surface area (Å²) in [5, 5.41) is 19.1. The van der Waals surface area contributed by atoms with Crippen molar-refractivity contribution in [3.05, 3.63) is 29.8 Å². The van der Waals surface area contributed by atoms with E-state index < -0.39 is 29.6 Å². The molecule has 0 fully saturated rings. The van der Waals surface area contributed by atoms with Crippen molar-refractivity contribution in [1.29, 1.82) is 0 Å². The van der Waals surface area contributed by atoms with Gasteiger partial charge in [0.15, 0.2) is 0 Å². The highest BCUT2D eigenvalue weighted by molar-refractivity contribution is 5.82. The van der Waals surface area contributed by atoms with Crippen LogP contribution in [0.1, 0.15) is 5.56 Å². The quantitative estimate of drug-likeness (QED) is 0.735. The molecule has 1 aromatic rings. The summed E-state index contributed by atoms with van der Waals surface area (Å²) >= 11 is 0. The van der Waals surface area contributed by atoms with Gasteiger partial charge in [0.05, 0.1) is 0 Å². The third-order valence-corrected chi connectivity index (χ3v) is 2.37. The number of amides is 1. The van der Waals surface area contributed by atoms with Crippen LogP contribution in [-0.4, -0.2) is 28.7 Å². The van der Waals surface area contributed by atoms with Gasteiger partial charge in [-0.1, -0.05) is 12.1 Å². The maximum Gasteiger partial charge on any atom is 0.430 e. The van der Waals surface area contributed by atoms with Crippen LogP contribution in [0.15, 0.2) is 24.3 Å². The summed E-state index contributed by atoms with van der Waals surface area (Å²) in [7, 11) is 0. The molecule has 0 saturated carbocycles. The maximum absolute atomic E-state index is 12.5. The molecular formula is C10H7F6NO3. The Morgan fingerprint density at radius 2 is 1.35 bits per heavy atom. The monoisotopic (exact) mass is 303 g/mol. The SMILES string of the molecule is O=C(O)Nc1ccc(C(O)(C(F)(F)F)C(F)(F)F)cc1. The van der Waals surface area contributed by atoms with Crippen molar-refractivity contribution in [2.45, 2.75) is 18.0 Å². The molecule has 0 unspecified atom stereocenters. The second-order valence-corrected chi connectivity index (χ2v) is 3.71. The van der Waals surface area contributed by atoms with Crippen molar-refractivity contribution in [1.82, 2.24) is 0 Å². The largest absolute Gasteiger partial charge is 0.465 e. The molecule has 20 heavy (non-hydrogen) atoms. The maximum atomic E-state index is 12.5. The lowest BCUT2D eigenvalue weighted by Crippen LogP contribution is -2.53. The van der Waals surface area contributed by atoms with Gasteiger partial charge in [0.25, 0.3) is 5.60 Å². The zero-order valence-corrected chi connectivity index (χ0v) is 9.38. The molecule has 3 N–H and O–H groups in total. The molecule has 1 rings (SSSR count). The van der Waals surface area contributed by atoms with Crippen LogP contribution in [0.25, 0.3) is 0 Å². The van der Waals surface area contributed by atoms with Crippen molar-refractivity contribution in [3.63, 3.8) is 0 Å². The second-order valence-electron chi connectivity index (χ2n) is 3.71.